The number of para-hydroxylation sites is 1. The fourth-order valence-electron chi connectivity index (χ4n) is 2.24. The van der Waals surface area contributed by atoms with Crippen LogP contribution in [-0.2, 0) is 6.18 Å². The van der Waals surface area contributed by atoms with E-state index < -0.39 is 46.5 Å². The zero-order chi connectivity index (χ0) is 18.6. The highest BCUT2D eigenvalue weighted by Gasteiger charge is 2.35. The van der Waals surface area contributed by atoms with E-state index in [4.69, 9.17) is 0 Å². The first-order chi connectivity index (χ1) is 11.7. The number of carbonyl (C=O) groups excluding carboxylic acids is 1. The fourth-order valence-corrected chi connectivity index (χ4v) is 2.24. The Bertz CT molecular complexity index is 793. The largest absolute Gasteiger partial charge is 0.416 e. The Morgan fingerprint density at radius 1 is 1.12 bits per heavy atom. The molecule has 2 aromatic rings. The van der Waals surface area contributed by atoms with E-state index in [1.807, 2.05) is 0 Å². The van der Waals surface area contributed by atoms with Crippen molar-refractivity contribution in [3.63, 3.8) is 0 Å². The number of alkyl halides is 4. The summed E-state index contributed by atoms with van der Waals surface area (Å²) in [6, 6.07) is 9.10. The van der Waals surface area contributed by atoms with E-state index in [9.17, 15) is 32.5 Å². The van der Waals surface area contributed by atoms with Gasteiger partial charge in [0.15, 0.2) is 0 Å². The van der Waals surface area contributed by atoms with Crippen LogP contribution in [0.3, 0.4) is 0 Å². The van der Waals surface area contributed by atoms with E-state index in [1.165, 1.54) is 24.3 Å². The van der Waals surface area contributed by atoms with Crippen LogP contribution < -0.4 is 5.32 Å². The zero-order valence-corrected chi connectivity index (χ0v) is 12.6. The standard InChI is InChI=1S/C16H12F4N2O3/c17-13(10-5-1-3-7-12(10)16(18,19)20)9-21-15(23)11-6-2-4-8-14(11)22(24)25/h1-8,13H,9H2,(H,21,23)/t13-/m1/s1. The first-order valence-corrected chi connectivity index (χ1v) is 7.03. The number of rotatable bonds is 5. The van der Waals surface area contributed by atoms with Crippen molar-refractivity contribution in [1.82, 2.24) is 5.32 Å². The molecular weight excluding hydrogens is 344 g/mol. The van der Waals surface area contributed by atoms with Gasteiger partial charge in [0.05, 0.1) is 17.0 Å². The van der Waals surface area contributed by atoms with Gasteiger partial charge in [0, 0.05) is 6.07 Å². The van der Waals surface area contributed by atoms with Gasteiger partial charge in [-0.3, -0.25) is 14.9 Å². The van der Waals surface area contributed by atoms with Crippen LogP contribution in [0.1, 0.15) is 27.7 Å². The molecule has 9 heteroatoms. The van der Waals surface area contributed by atoms with Crippen LogP contribution in [0.15, 0.2) is 48.5 Å². The highest BCUT2D eigenvalue weighted by Crippen LogP contribution is 2.35. The summed E-state index contributed by atoms with van der Waals surface area (Å²) in [6.45, 7) is -0.752. The lowest BCUT2D eigenvalue weighted by atomic mass is 10.0. The van der Waals surface area contributed by atoms with Gasteiger partial charge in [-0.2, -0.15) is 13.2 Å². The minimum Gasteiger partial charge on any atom is -0.349 e. The van der Waals surface area contributed by atoms with Crippen LogP contribution in [0.2, 0.25) is 0 Å². The van der Waals surface area contributed by atoms with Crippen LogP contribution in [0.25, 0.3) is 0 Å². The maximum absolute atomic E-state index is 14.2. The van der Waals surface area contributed by atoms with Gasteiger partial charge in [0.2, 0.25) is 0 Å². The third-order valence-corrected chi connectivity index (χ3v) is 3.39. The van der Waals surface area contributed by atoms with Crippen molar-refractivity contribution in [3.05, 3.63) is 75.3 Å². The van der Waals surface area contributed by atoms with Crippen molar-refractivity contribution in [2.24, 2.45) is 0 Å². The topological polar surface area (TPSA) is 72.2 Å². The van der Waals surface area contributed by atoms with Crippen LogP contribution in [-0.4, -0.2) is 17.4 Å². The minimum atomic E-state index is -4.73. The number of nitrogens with zero attached hydrogens (tertiary/aromatic N) is 1. The Morgan fingerprint density at radius 3 is 2.36 bits per heavy atom. The molecular formula is C16H12F4N2O3. The molecule has 1 atom stereocenters. The van der Waals surface area contributed by atoms with Crippen LogP contribution in [0.4, 0.5) is 23.2 Å². The summed E-state index contributed by atoms with van der Waals surface area (Å²) in [4.78, 5) is 22.1. The van der Waals surface area contributed by atoms with Crippen LogP contribution >= 0.6 is 0 Å². The highest BCUT2D eigenvalue weighted by molar-refractivity contribution is 5.98. The van der Waals surface area contributed by atoms with Gasteiger partial charge in [-0.25, -0.2) is 4.39 Å². The zero-order valence-electron chi connectivity index (χ0n) is 12.6. The summed E-state index contributed by atoms with van der Waals surface area (Å²) >= 11 is 0. The molecule has 0 aliphatic rings. The first-order valence-electron chi connectivity index (χ1n) is 7.03. The van der Waals surface area contributed by atoms with Crippen LogP contribution in [0.5, 0.6) is 0 Å². The molecule has 0 saturated carbocycles. The third-order valence-electron chi connectivity index (χ3n) is 3.39. The van der Waals surface area contributed by atoms with E-state index in [1.54, 1.807) is 0 Å². The van der Waals surface area contributed by atoms with E-state index in [2.05, 4.69) is 5.32 Å². The molecule has 2 aromatic carbocycles. The van der Waals surface area contributed by atoms with Crippen molar-refractivity contribution >= 4 is 11.6 Å². The molecule has 2 rings (SSSR count). The monoisotopic (exact) mass is 356 g/mol. The number of hydrogen-bond acceptors (Lipinski definition) is 3. The lowest BCUT2D eigenvalue weighted by Crippen LogP contribution is -2.28. The summed E-state index contributed by atoms with van der Waals surface area (Å²) in [5.41, 5.74) is -2.53. The molecule has 5 nitrogen and oxygen atoms in total. The van der Waals surface area contributed by atoms with Gasteiger partial charge in [0.25, 0.3) is 11.6 Å². The smallest absolute Gasteiger partial charge is 0.349 e. The van der Waals surface area contributed by atoms with Gasteiger partial charge in [-0.15, -0.1) is 0 Å². The summed E-state index contributed by atoms with van der Waals surface area (Å²) in [5.74, 6) is -0.945. The van der Waals surface area contributed by atoms with Gasteiger partial charge < -0.3 is 5.32 Å². The van der Waals surface area contributed by atoms with Crippen LogP contribution in [0, 0.1) is 10.1 Å². The quantitative estimate of drug-likeness (QED) is 0.499. The number of nitro groups is 1. The molecule has 0 bridgehead atoms. The maximum atomic E-state index is 14.2. The molecule has 0 unspecified atom stereocenters. The lowest BCUT2D eigenvalue weighted by Gasteiger charge is -2.16. The second-order valence-electron chi connectivity index (χ2n) is 5.04. The molecule has 25 heavy (non-hydrogen) atoms. The first kappa shape index (κ1) is 18.4. The Hall–Kier alpha value is -2.97. The van der Waals surface area contributed by atoms with Crippen molar-refractivity contribution in [2.75, 3.05) is 6.54 Å². The Labute approximate surface area is 139 Å². The molecule has 0 aliphatic heterocycles. The molecule has 132 valence electrons. The predicted octanol–water partition coefficient (Wildman–Crippen LogP) is 4.05. The molecule has 1 N–H and O–H groups in total. The number of benzene rings is 2. The molecule has 0 saturated heterocycles. The molecule has 0 fully saturated rings. The van der Waals surface area contributed by atoms with Crippen molar-refractivity contribution < 1.29 is 27.3 Å². The summed E-state index contributed by atoms with van der Waals surface area (Å²) in [6.07, 6.45) is -6.85. The number of halogens is 4. The van der Waals surface area contributed by atoms with E-state index in [0.717, 1.165) is 24.3 Å². The molecule has 0 aromatic heterocycles. The normalized spacial score (nSPS) is 12.5. The van der Waals surface area contributed by atoms with E-state index >= 15 is 0 Å². The van der Waals surface area contributed by atoms with E-state index in [-0.39, 0.29) is 5.56 Å². The third kappa shape index (κ3) is 4.31. The lowest BCUT2D eigenvalue weighted by molar-refractivity contribution is -0.385. The fraction of sp³-hybridized carbons (Fsp3) is 0.188. The second-order valence-corrected chi connectivity index (χ2v) is 5.04. The van der Waals surface area contributed by atoms with Gasteiger partial charge in [-0.1, -0.05) is 30.3 Å². The highest BCUT2D eigenvalue weighted by atomic mass is 19.4. The predicted molar refractivity (Wildman–Crippen MR) is 80.7 cm³/mol. The molecule has 0 aliphatic carbocycles. The summed E-state index contributed by atoms with van der Waals surface area (Å²) in [7, 11) is 0. The van der Waals surface area contributed by atoms with Gasteiger partial charge in [-0.05, 0) is 17.7 Å². The number of nitrogens with one attached hydrogen (secondary N) is 1. The minimum absolute atomic E-state index is 0.302. The molecule has 0 radical (unpaired) electrons. The van der Waals surface area contributed by atoms with Gasteiger partial charge in [0.1, 0.15) is 11.7 Å². The Kier molecular flexibility index (Phi) is 5.35. The van der Waals surface area contributed by atoms with Crippen molar-refractivity contribution in [1.29, 1.82) is 0 Å². The van der Waals surface area contributed by atoms with Gasteiger partial charge >= 0.3 is 6.18 Å². The SMILES string of the molecule is O=C(NC[C@@H](F)c1ccccc1C(F)(F)F)c1ccccc1[N+](=O)[O-]. The van der Waals surface area contributed by atoms with E-state index in [0.29, 0.717) is 0 Å². The molecule has 0 spiro atoms. The second kappa shape index (κ2) is 7.29. The number of nitro benzene ring substituents is 1. The maximum Gasteiger partial charge on any atom is 0.416 e. The number of carbonyl (C=O) groups is 1. The average Bonchev–Trinajstić information content (AvgIpc) is 2.58. The number of amides is 1. The number of hydrogen-bond donors (Lipinski definition) is 1. The average molecular weight is 356 g/mol. The molecule has 0 heterocycles. The Balaban J connectivity index is 2.15. The summed E-state index contributed by atoms with van der Waals surface area (Å²) in [5, 5.41) is 13.0. The van der Waals surface area contributed by atoms with Crippen molar-refractivity contribution in [2.45, 2.75) is 12.3 Å². The Morgan fingerprint density at radius 2 is 1.72 bits per heavy atom. The molecule has 1 amide bonds. The van der Waals surface area contributed by atoms with Crippen molar-refractivity contribution in [3.8, 4) is 0 Å². The summed E-state index contributed by atoms with van der Waals surface area (Å²) < 4.78 is 52.9.